The number of rotatable bonds is 7. The van der Waals surface area contributed by atoms with Crippen LogP contribution in [0.5, 0.6) is 0 Å². The number of nitrogens with zero attached hydrogens (tertiary/aromatic N) is 4. The van der Waals surface area contributed by atoms with E-state index < -0.39 is 9.84 Å². The van der Waals surface area contributed by atoms with Crippen LogP contribution in [0.1, 0.15) is 18.9 Å². The lowest BCUT2D eigenvalue weighted by molar-refractivity contribution is 0.194. The number of sulfone groups is 1. The molecule has 4 rings (SSSR count). The standard InChI is InChI=1S/C22H24N6O3S/c1-15(26-17-9-10-31-13-17)16-7-8-20(23-12-16)28-22-11-21(24-14-25-22)27-18-5-3-4-6-19(18)32(2,29)30/h3-8,11-12,14,17H,9-10,13H2,1-2H3,(H2,23,24,25,27,28). The number of nitrogens with one attached hydrogen (secondary N) is 2. The lowest BCUT2D eigenvalue weighted by atomic mass is 10.2. The summed E-state index contributed by atoms with van der Waals surface area (Å²) >= 11 is 0. The molecule has 1 aliphatic heterocycles. The van der Waals surface area contributed by atoms with Crippen molar-refractivity contribution in [3.05, 3.63) is 60.6 Å². The molecule has 0 bridgehead atoms. The molecule has 3 heterocycles. The second-order valence-corrected chi connectivity index (χ2v) is 9.46. The lowest BCUT2D eigenvalue weighted by Gasteiger charge is -2.11. The molecule has 1 aliphatic rings. The first-order valence-electron chi connectivity index (χ1n) is 10.1. The van der Waals surface area contributed by atoms with Crippen molar-refractivity contribution < 1.29 is 13.2 Å². The van der Waals surface area contributed by atoms with Gasteiger partial charge in [0.25, 0.3) is 0 Å². The van der Waals surface area contributed by atoms with E-state index in [1.54, 1.807) is 36.5 Å². The zero-order chi connectivity index (χ0) is 22.6. The molecule has 0 spiro atoms. The van der Waals surface area contributed by atoms with Crippen LogP contribution in [0, 0.1) is 0 Å². The van der Waals surface area contributed by atoms with Crippen LogP contribution in [0.15, 0.2) is 64.9 Å². The Bertz CT molecular complexity index is 1220. The third-order valence-electron chi connectivity index (χ3n) is 4.94. The van der Waals surface area contributed by atoms with Crippen molar-refractivity contribution in [1.29, 1.82) is 0 Å². The van der Waals surface area contributed by atoms with E-state index in [1.165, 1.54) is 12.6 Å². The van der Waals surface area contributed by atoms with Crippen molar-refractivity contribution in [2.24, 2.45) is 4.99 Å². The molecule has 10 heteroatoms. The molecule has 1 saturated heterocycles. The van der Waals surface area contributed by atoms with E-state index in [2.05, 4.69) is 25.6 Å². The van der Waals surface area contributed by atoms with E-state index in [0.717, 1.165) is 24.3 Å². The number of benzene rings is 1. The molecule has 0 amide bonds. The molecular weight excluding hydrogens is 428 g/mol. The first kappa shape index (κ1) is 21.8. The van der Waals surface area contributed by atoms with Crippen LogP contribution in [0.3, 0.4) is 0 Å². The van der Waals surface area contributed by atoms with Gasteiger partial charge >= 0.3 is 0 Å². The summed E-state index contributed by atoms with van der Waals surface area (Å²) in [7, 11) is -3.38. The zero-order valence-corrected chi connectivity index (χ0v) is 18.6. The quantitative estimate of drug-likeness (QED) is 0.524. The summed E-state index contributed by atoms with van der Waals surface area (Å²) in [5, 5.41) is 6.18. The van der Waals surface area contributed by atoms with Gasteiger partial charge in [-0.1, -0.05) is 12.1 Å². The summed E-state index contributed by atoms with van der Waals surface area (Å²) in [5.41, 5.74) is 2.33. The van der Waals surface area contributed by atoms with Crippen LogP contribution in [-0.4, -0.2) is 54.6 Å². The molecule has 0 radical (unpaired) electrons. The van der Waals surface area contributed by atoms with E-state index >= 15 is 0 Å². The Balaban J connectivity index is 1.47. The highest BCUT2D eigenvalue weighted by Crippen LogP contribution is 2.25. The molecule has 0 aliphatic carbocycles. The first-order chi connectivity index (χ1) is 15.4. The maximum Gasteiger partial charge on any atom is 0.177 e. The smallest absolute Gasteiger partial charge is 0.177 e. The monoisotopic (exact) mass is 452 g/mol. The van der Waals surface area contributed by atoms with Gasteiger partial charge in [-0.3, -0.25) is 4.99 Å². The van der Waals surface area contributed by atoms with Gasteiger partial charge in [-0.15, -0.1) is 0 Å². The van der Waals surface area contributed by atoms with Crippen molar-refractivity contribution in [1.82, 2.24) is 15.0 Å². The molecule has 1 atom stereocenters. The van der Waals surface area contributed by atoms with Gasteiger partial charge in [0.1, 0.15) is 23.8 Å². The molecule has 3 aromatic rings. The maximum atomic E-state index is 12.0. The van der Waals surface area contributed by atoms with E-state index in [9.17, 15) is 8.42 Å². The number of aliphatic imine (C=N–C) groups is 1. The fourth-order valence-corrected chi connectivity index (χ4v) is 4.15. The summed E-state index contributed by atoms with van der Waals surface area (Å²) in [6, 6.07) is 12.4. The van der Waals surface area contributed by atoms with Gasteiger partial charge in [0.2, 0.25) is 0 Å². The molecule has 0 saturated carbocycles. The zero-order valence-electron chi connectivity index (χ0n) is 17.8. The highest BCUT2D eigenvalue weighted by Gasteiger charge is 2.15. The average Bonchev–Trinajstić information content (AvgIpc) is 3.27. The van der Waals surface area contributed by atoms with Crippen molar-refractivity contribution >= 4 is 38.7 Å². The number of para-hydroxylation sites is 1. The van der Waals surface area contributed by atoms with Crippen LogP contribution >= 0.6 is 0 Å². The summed E-state index contributed by atoms with van der Waals surface area (Å²) < 4.78 is 29.4. The highest BCUT2D eigenvalue weighted by atomic mass is 32.2. The number of hydrogen-bond acceptors (Lipinski definition) is 9. The maximum absolute atomic E-state index is 12.0. The summed E-state index contributed by atoms with van der Waals surface area (Å²) in [6.45, 7) is 3.40. The van der Waals surface area contributed by atoms with Crippen LogP contribution in [0.25, 0.3) is 0 Å². The van der Waals surface area contributed by atoms with Gasteiger partial charge in [-0.05, 0) is 37.6 Å². The van der Waals surface area contributed by atoms with Crippen LogP contribution in [0.4, 0.5) is 23.1 Å². The molecule has 166 valence electrons. The second-order valence-electron chi connectivity index (χ2n) is 7.47. The van der Waals surface area contributed by atoms with Crippen molar-refractivity contribution in [2.75, 3.05) is 30.1 Å². The molecule has 1 fully saturated rings. The van der Waals surface area contributed by atoms with Crippen molar-refractivity contribution in [3.8, 4) is 0 Å². The van der Waals surface area contributed by atoms with Gasteiger partial charge in [0, 0.05) is 36.4 Å². The van der Waals surface area contributed by atoms with Crippen LogP contribution in [-0.2, 0) is 14.6 Å². The summed E-state index contributed by atoms with van der Waals surface area (Å²) in [4.78, 5) is 17.7. The summed E-state index contributed by atoms with van der Waals surface area (Å²) in [5.74, 6) is 1.59. The van der Waals surface area contributed by atoms with Crippen LogP contribution < -0.4 is 10.6 Å². The second kappa shape index (κ2) is 9.41. The Morgan fingerprint density at radius 1 is 1.06 bits per heavy atom. The predicted molar refractivity (Wildman–Crippen MR) is 124 cm³/mol. The lowest BCUT2D eigenvalue weighted by Crippen LogP contribution is -2.08. The normalized spacial score (nSPS) is 16.7. The fraction of sp³-hybridized carbons (Fsp3) is 0.273. The third-order valence-corrected chi connectivity index (χ3v) is 6.09. The van der Waals surface area contributed by atoms with Gasteiger partial charge in [0.15, 0.2) is 9.84 Å². The Kier molecular flexibility index (Phi) is 6.42. The Labute approximate surface area is 186 Å². The molecule has 1 unspecified atom stereocenters. The molecule has 2 N–H and O–H groups in total. The minimum Gasteiger partial charge on any atom is -0.379 e. The number of hydrogen-bond donors (Lipinski definition) is 2. The van der Waals surface area contributed by atoms with E-state index in [4.69, 9.17) is 9.73 Å². The number of pyridine rings is 1. The molecule has 2 aromatic heterocycles. The minimum atomic E-state index is -3.38. The minimum absolute atomic E-state index is 0.201. The van der Waals surface area contributed by atoms with Gasteiger partial charge in [-0.25, -0.2) is 23.4 Å². The number of ether oxygens (including phenoxy) is 1. The van der Waals surface area contributed by atoms with Gasteiger partial charge in [-0.2, -0.15) is 0 Å². The van der Waals surface area contributed by atoms with Gasteiger partial charge in [0.05, 0.1) is 23.2 Å². The predicted octanol–water partition coefficient (Wildman–Crippen LogP) is 3.36. The molecule has 32 heavy (non-hydrogen) atoms. The SMILES string of the molecule is CC(=NC1CCOC1)c1ccc(Nc2cc(Nc3ccccc3S(C)(=O)=O)ncn2)nc1. The van der Waals surface area contributed by atoms with Crippen LogP contribution in [0.2, 0.25) is 0 Å². The Hall–Kier alpha value is -3.37. The average molecular weight is 453 g/mol. The van der Waals surface area contributed by atoms with Crippen molar-refractivity contribution in [3.63, 3.8) is 0 Å². The Morgan fingerprint density at radius 3 is 2.53 bits per heavy atom. The first-order valence-corrected chi connectivity index (χ1v) is 12.0. The fourth-order valence-electron chi connectivity index (χ4n) is 3.31. The van der Waals surface area contributed by atoms with E-state index in [0.29, 0.717) is 29.7 Å². The number of aromatic nitrogens is 3. The Morgan fingerprint density at radius 2 is 1.84 bits per heavy atom. The molecular formula is C22H24N6O3S. The number of anilines is 4. The third kappa shape index (κ3) is 5.45. The summed E-state index contributed by atoms with van der Waals surface area (Å²) in [6.07, 6.45) is 5.27. The van der Waals surface area contributed by atoms with E-state index in [1.807, 2.05) is 19.1 Å². The topological polar surface area (TPSA) is 118 Å². The van der Waals surface area contributed by atoms with Crippen molar-refractivity contribution in [2.45, 2.75) is 24.3 Å². The molecule has 9 nitrogen and oxygen atoms in total. The highest BCUT2D eigenvalue weighted by molar-refractivity contribution is 7.90. The van der Waals surface area contributed by atoms with Gasteiger partial charge < -0.3 is 15.4 Å². The largest absolute Gasteiger partial charge is 0.379 e. The molecule has 1 aromatic carbocycles. The van der Waals surface area contributed by atoms with E-state index in [-0.39, 0.29) is 10.9 Å².